The number of fused-ring (bicyclic) bond motifs is 8. The van der Waals surface area contributed by atoms with Crippen molar-refractivity contribution < 1.29 is 0 Å². The SMILES string of the molecule is CC(C)[Si](C#Cc1c2cc3ccccc3cc2c(C#C[Si](C(C)C)(C(C)C)C(C)C)c2cc3cc(-c4ccc(CN5CCN(Cc6ccccc6)CCN(Cc6ccc(-c7ccc8cc9c(C#C[Si](C(C)C)(C(C)C)C(C)C)c%10cc%11ccccc%11cc%10c(C#C[Si](C(C)C)(C(C)C)C(C)C)c9cc8c7)cc6)CCN(Cc6ccccc6)CC5)cc4)ccc3cc12)(C(C)C)C(C)C. The van der Waals surface area contributed by atoms with Crippen molar-refractivity contribution in [1.29, 1.82) is 0 Å². The molecule has 14 aromatic rings. The zero-order valence-corrected chi connectivity index (χ0v) is 88.3. The third kappa shape index (κ3) is 19.7. The van der Waals surface area contributed by atoms with Gasteiger partial charge in [0.1, 0.15) is 32.3 Å². The molecule has 0 aromatic heterocycles. The van der Waals surface area contributed by atoms with E-state index in [4.69, 9.17) is 0 Å². The average Bonchev–Trinajstić information content (AvgIpc) is 0.729. The van der Waals surface area contributed by atoms with Crippen molar-refractivity contribution in [3.8, 4) is 68.1 Å². The molecule has 0 N–H and O–H groups in total. The van der Waals surface area contributed by atoms with Crippen LogP contribution in [0.2, 0.25) is 66.5 Å². The maximum Gasteiger partial charge on any atom is 0.146 e. The minimum Gasteiger partial charge on any atom is -0.297 e. The minimum absolute atomic E-state index is 0.505. The molecule has 0 unspecified atom stereocenters. The largest absolute Gasteiger partial charge is 0.297 e. The monoisotopic (exact) mass is 1810 g/mol. The second-order valence-corrected chi connectivity index (χ2v) is 65.3. The first-order valence-corrected chi connectivity index (χ1v) is 59.2. The second kappa shape index (κ2) is 41.1. The van der Waals surface area contributed by atoms with E-state index in [2.05, 4.69) is 474 Å². The zero-order chi connectivity index (χ0) is 93.8. The Hall–Kier alpha value is -9.89. The van der Waals surface area contributed by atoms with Gasteiger partial charge in [-0.3, -0.25) is 19.6 Å². The zero-order valence-electron chi connectivity index (χ0n) is 84.3. The molecule has 0 spiro atoms. The van der Waals surface area contributed by atoms with E-state index in [0.717, 1.165) is 101 Å². The Morgan fingerprint density at radius 1 is 0.189 bits per heavy atom. The number of hydrogen-bond acceptors (Lipinski definition) is 4. The number of nitrogens with zero attached hydrogens (tertiary/aromatic N) is 4. The third-order valence-corrected chi connectivity index (χ3v) is 56.9. The van der Waals surface area contributed by atoms with E-state index in [0.29, 0.717) is 66.5 Å². The fourth-order valence-electron chi connectivity index (χ4n) is 24.6. The second-order valence-electron chi connectivity index (χ2n) is 43.0. The van der Waals surface area contributed by atoms with Gasteiger partial charge in [0.15, 0.2) is 0 Å². The molecule has 1 aliphatic heterocycles. The van der Waals surface area contributed by atoms with Gasteiger partial charge in [0, 0.05) is 101 Å². The Kier molecular flexibility index (Phi) is 30.1. The molecule has 0 saturated carbocycles. The molecule has 1 heterocycles. The van der Waals surface area contributed by atoms with E-state index in [-0.39, 0.29) is 0 Å². The van der Waals surface area contributed by atoms with E-state index in [1.807, 2.05) is 0 Å². The average molecular weight is 1810 g/mol. The van der Waals surface area contributed by atoms with Crippen LogP contribution in [0.4, 0.5) is 0 Å². The van der Waals surface area contributed by atoms with Crippen LogP contribution in [0.25, 0.3) is 108 Å². The molecule has 1 fully saturated rings. The molecule has 0 bridgehead atoms. The molecule has 1 saturated heterocycles. The molecule has 8 heteroatoms. The quantitative estimate of drug-likeness (QED) is 0.0381. The number of hydrogen-bond donors (Lipinski definition) is 0. The van der Waals surface area contributed by atoms with E-state index in [9.17, 15) is 0 Å². The van der Waals surface area contributed by atoms with Crippen LogP contribution in [-0.2, 0) is 26.2 Å². The Labute approximate surface area is 798 Å². The summed E-state index contributed by atoms with van der Waals surface area (Å²) >= 11 is 0. The van der Waals surface area contributed by atoms with Gasteiger partial charge in [-0.1, -0.05) is 372 Å². The summed E-state index contributed by atoms with van der Waals surface area (Å²) in [6.45, 7) is 69.8. The first-order valence-electron chi connectivity index (χ1n) is 50.2. The summed E-state index contributed by atoms with van der Waals surface area (Å²) in [4.78, 5) is 10.9. The van der Waals surface area contributed by atoms with Crippen LogP contribution in [0.5, 0.6) is 0 Å². The summed E-state index contributed by atoms with van der Waals surface area (Å²) in [5.74, 6) is 16.5. The van der Waals surface area contributed by atoms with Crippen molar-refractivity contribution in [3.05, 3.63) is 287 Å². The normalized spacial score (nSPS) is 14.4. The molecule has 15 rings (SSSR count). The molecule has 132 heavy (non-hydrogen) atoms. The fourth-order valence-corrected chi connectivity index (χ4v) is 45.5. The smallest absolute Gasteiger partial charge is 0.146 e. The lowest BCUT2D eigenvalue weighted by molar-refractivity contribution is 0.122. The Morgan fingerprint density at radius 3 is 0.568 bits per heavy atom. The van der Waals surface area contributed by atoms with Gasteiger partial charge >= 0.3 is 0 Å². The van der Waals surface area contributed by atoms with Crippen LogP contribution in [0.15, 0.2) is 243 Å². The molecule has 0 aliphatic carbocycles. The lowest BCUT2D eigenvalue weighted by Gasteiger charge is -2.38. The maximum absolute atomic E-state index is 4.25. The summed E-state index contributed by atoms with van der Waals surface area (Å²) < 4.78 is 0. The van der Waals surface area contributed by atoms with Gasteiger partial charge in [-0.05, 0) is 258 Å². The summed E-state index contributed by atoms with van der Waals surface area (Å²) in [5, 5.41) is 19.6. The highest BCUT2D eigenvalue weighted by molar-refractivity contribution is 6.92. The van der Waals surface area contributed by atoms with E-state index in [1.165, 1.54) is 131 Å². The van der Waals surface area contributed by atoms with Crippen molar-refractivity contribution in [2.24, 2.45) is 0 Å². The predicted octanol–water partition coefficient (Wildman–Crippen LogP) is 32.8. The van der Waals surface area contributed by atoms with E-state index in [1.54, 1.807) is 0 Å². The number of rotatable bonds is 22. The molecule has 1 aliphatic rings. The van der Waals surface area contributed by atoms with Gasteiger partial charge in [-0.25, -0.2) is 0 Å². The third-order valence-electron chi connectivity index (χ3n) is 31.8. The molecule has 0 radical (unpaired) electrons. The topological polar surface area (TPSA) is 13.0 Å². The molecule has 680 valence electrons. The molecule has 0 amide bonds. The van der Waals surface area contributed by atoms with Gasteiger partial charge < -0.3 is 0 Å². The highest BCUT2D eigenvalue weighted by Crippen LogP contribution is 2.48. The van der Waals surface area contributed by atoms with Gasteiger partial charge in [0.2, 0.25) is 0 Å². The lowest BCUT2D eigenvalue weighted by atomic mass is 9.88. The van der Waals surface area contributed by atoms with Gasteiger partial charge in [-0.15, -0.1) is 22.2 Å². The van der Waals surface area contributed by atoms with Gasteiger partial charge in [-0.2, -0.15) is 0 Å². The number of benzene rings is 14. The summed E-state index contributed by atoms with van der Waals surface area (Å²) in [7, 11) is -8.58. The highest BCUT2D eigenvalue weighted by Gasteiger charge is 2.46. The van der Waals surface area contributed by atoms with Crippen LogP contribution in [0.3, 0.4) is 0 Å². The Balaban J connectivity index is 0.733. The van der Waals surface area contributed by atoms with E-state index < -0.39 is 32.3 Å². The molecular formula is C124H148N4Si4. The van der Waals surface area contributed by atoms with Crippen molar-refractivity contribution in [3.63, 3.8) is 0 Å². The van der Waals surface area contributed by atoms with Crippen LogP contribution in [0, 0.1) is 45.9 Å². The molecule has 0 atom stereocenters. The van der Waals surface area contributed by atoms with Crippen molar-refractivity contribution >= 4 is 118 Å². The van der Waals surface area contributed by atoms with Crippen LogP contribution in [-0.4, -0.2) is 104 Å². The predicted molar refractivity (Wildman–Crippen MR) is 590 cm³/mol. The van der Waals surface area contributed by atoms with Crippen molar-refractivity contribution in [2.75, 3.05) is 52.4 Å². The van der Waals surface area contributed by atoms with Crippen molar-refractivity contribution in [2.45, 2.75) is 259 Å². The van der Waals surface area contributed by atoms with Gasteiger partial charge in [0.05, 0.1) is 0 Å². The Bertz CT molecular complexity index is 6250. The minimum atomic E-state index is -2.16. The summed E-state index contributed by atoms with van der Waals surface area (Å²) in [6, 6.07) is 93.3. The maximum atomic E-state index is 4.25. The van der Waals surface area contributed by atoms with E-state index >= 15 is 0 Å². The molecular weight excluding hydrogens is 1660 g/mol. The first kappa shape index (κ1) is 96.7. The molecule has 4 nitrogen and oxygen atoms in total. The Morgan fingerprint density at radius 2 is 0.364 bits per heavy atom. The highest BCUT2D eigenvalue weighted by atomic mass is 28.3. The summed E-state index contributed by atoms with van der Waals surface area (Å²) in [6.07, 6.45) is 0. The molecule has 14 aromatic carbocycles. The first-order chi connectivity index (χ1) is 63.2. The van der Waals surface area contributed by atoms with Crippen LogP contribution < -0.4 is 0 Å². The lowest BCUT2D eigenvalue weighted by Crippen LogP contribution is -2.45. The van der Waals surface area contributed by atoms with Crippen LogP contribution in [0.1, 0.15) is 211 Å². The van der Waals surface area contributed by atoms with Crippen LogP contribution >= 0.6 is 0 Å². The fraction of sp³-hybridized carbons (Fsp3) is 0.387. The summed E-state index contributed by atoms with van der Waals surface area (Å²) in [5.41, 5.74) is 38.0. The van der Waals surface area contributed by atoms with Crippen molar-refractivity contribution in [1.82, 2.24) is 19.6 Å². The standard InChI is InChI=1S/C124H148N4Si4/c1-85(2)129(86(3)4,87(5)6)67-55-113-117-73-103-39-31-33-41-105(103)75-119(117)115(57-69-131(91(13)14,92(15)16)93(17)18)123-79-111-71-107(51-53-109(111)77-121(113)123)101-47-43-99(44-48-101)83-127-63-59-125(81-97-35-27-25-28-36-97)61-65-128(66-62-126(60-64-127)82-98-37-29-26-30-38-98)84-100-45-49-102(50-46-100)108-52-54-110-78-122-114(56-68-130(88(7)8,89(9)10)90(11)12)118-74-104-40-32-34-42-106(104)76-120(118)116(124(122)80-112(110)72-108)58-70-132(94(19)20,95(21)22)96(23)24/h25-54,71-80,85-96H,59-66,81-84H2,1-24H3. The van der Waals surface area contributed by atoms with Gasteiger partial charge in [0.25, 0.3) is 0 Å².